The van der Waals surface area contributed by atoms with Gasteiger partial charge in [-0.15, -0.1) is 0 Å². The van der Waals surface area contributed by atoms with Gasteiger partial charge in [-0.25, -0.2) is 8.42 Å². The molecule has 1 aromatic heterocycles. The minimum absolute atomic E-state index is 0.203. The lowest BCUT2D eigenvalue weighted by atomic mass is 10.1. The third kappa shape index (κ3) is 3.30. The third-order valence-corrected chi connectivity index (χ3v) is 4.99. The number of hydrogen-bond donors (Lipinski definition) is 2. The fourth-order valence-corrected chi connectivity index (χ4v) is 3.08. The van der Waals surface area contributed by atoms with Crippen molar-refractivity contribution < 1.29 is 13.2 Å². The fraction of sp³-hybridized carbons (Fsp3) is 0.176. The number of rotatable bonds is 4. The zero-order chi connectivity index (χ0) is 17.3. The van der Waals surface area contributed by atoms with E-state index in [4.69, 9.17) is 0 Å². The monoisotopic (exact) mass is 343 g/mol. The van der Waals surface area contributed by atoms with E-state index in [1.54, 1.807) is 42.6 Å². The van der Waals surface area contributed by atoms with Crippen molar-refractivity contribution in [2.45, 2.75) is 17.9 Å². The first kappa shape index (κ1) is 16.2. The maximum atomic E-state index is 12.4. The van der Waals surface area contributed by atoms with Crippen LogP contribution in [0.5, 0.6) is 0 Å². The first-order valence-corrected chi connectivity index (χ1v) is 9.28. The Kier molecular flexibility index (Phi) is 4.11. The predicted octanol–water partition coefficient (Wildman–Crippen LogP) is 2.46. The second-order valence-corrected chi connectivity index (χ2v) is 7.72. The average molecular weight is 343 g/mol. The molecule has 0 aliphatic carbocycles. The maximum absolute atomic E-state index is 12.4. The van der Waals surface area contributed by atoms with Crippen LogP contribution >= 0.6 is 0 Å². The second-order valence-electron chi connectivity index (χ2n) is 5.71. The summed E-state index contributed by atoms with van der Waals surface area (Å²) in [6, 6.07) is 11.6. The number of carbonyl (C=O) groups excluding carboxylic acids is 1. The SMILES string of the molecule is C[C@@H](NC(=O)c1ccc2cn[nH]c2c1)c1ccc(S(C)(=O)=O)cc1. The smallest absolute Gasteiger partial charge is 0.251 e. The molecule has 1 heterocycles. The highest BCUT2D eigenvalue weighted by Crippen LogP contribution is 2.18. The standard InChI is InChI=1S/C17H17N3O3S/c1-11(12-5-7-15(8-6-12)24(2,22)23)19-17(21)13-3-4-14-10-18-20-16(14)9-13/h3-11H,1-2H3,(H,18,20)(H,19,21)/t11-/m1/s1. The second kappa shape index (κ2) is 6.09. The van der Waals surface area contributed by atoms with E-state index in [2.05, 4.69) is 15.5 Å². The Morgan fingerprint density at radius 1 is 1.17 bits per heavy atom. The molecule has 7 heteroatoms. The van der Waals surface area contributed by atoms with Crippen molar-refractivity contribution in [2.75, 3.05) is 6.26 Å². The van der Waals surface area contributed by atoms with E-state index in [0.717, 1.165) is 16.5 Å². The summed E-state index contributed by atoms with van der Waals surface area (Å²) >= 11 is 0. The summed E-state index contributed by atoms with van der Waals surface area (Å²) < 4.78 is 23.0. The molecule has 0 spiro atoms. The number of benzene rings is 2. The predicted molar refractivity (Wildman–Crippen MR) is 91.5 cm³/mol. The molecular formula is C17H17N3O3S. The van der Waals surface area contributed by atoms with Gasteiger partial charge in [0, 0.05) is 17.2 Å². The van der Waals surface area contributed by atoms with Gasteiger partial charge in [0.2, 0.25) is 0 Å². The van der Waals surface area contributed by atoms with Crippen LogP contribution in [0.1, 0.15) is 28.9 Å². The van der Waals surface area contributed by atoms with Crippen molar-refractivity contribution in [1.82, 2.24) is 15.5 Å². The van der Waals surface area contributed by atoms with Gasteiger partial charge in [-0.3, -0.25) is 9.89 Å². The number of hydrogen-bond acceptors (Lipinski definition) is 4. The van der Waals surface area contributed by atoms with Crippen LogP contribution in [0, 0.1) is 0 Å². The topological polar surface area (TPSA) is 91.9 Å². The van der Waals surface area contributed by atoms with Gasteiger partial charge in [0.15, 0.2) is 9.84 Å². The van der Waals surface area contributed by atoms with E-state index < -0.39 is 9.84 Å². The third-order valence-electron chi connectivity index (χ3n) is 3.86. The van der Waals surface area contributed by atoms with Gasteiger partial charge in [-0.1, -0.05) is 18.2 Å². The number of aromatic nitrogens is 2. The highest BCUT2D eigenvalue weighted by Gasteiger charge is 2.13. The molecule has 124 valence electrons. The lowest BCUT2D eigenvalue weighted by molar-refractivity contribution is 0.0940. The highest BCUT2D eigenvalue weighted by atomic mass is 32.2. The molecule has 6 nitrogen and oxygen atoms in total. The van der Waals surface area contributed by atoms with Crippen LogP contribution in [-0.4, -0.2) is 30.8 Å². The van der Waals surface area contributed by atoms with Gasteiger partial charge in [-0.05, 0) is 36.8 Å². The number of fused-ring (bicyclic) bond motifs is 1. The van der Waals surface area contributed by atoms with Gasteiger partial charge in [0.05, 0.1) is 22.7 Å². The number of nitrogens with one attached hydrogen (secondary N) is 2. The molecule has 3 aromatic rings. The summed E-state index contributed by atoms with van der Waals surface area (Å²) in [5.41, 5.74) is 2.16. The zero-order valence-electron chi connectivity index (χ0n) is 13.3. The summed E-state index contributed by atoms with van der Waals surface area (Å²) in [4.78, 5) is 12.6. The van der Waals surface area contributed by atoms with Gasteiger partial charge in [0.1, 0.15) is 0 Å². The number of H-pyrrole nitrogens is 1. The molecule has 2 N–H and O–H groups in total. The highest BCUT2D eigenvalue weighted by molar-refractivity contribution is 7.90. The molecule has 2 aromatic carbocycles. The first-order valence-electron chi connectivity index (χ1n) is 7.38. The first-order chi connectivity index (χ1) is 11.3. The van der Waals surface area contributed by atoms with Gasteiger partial charge in [0.25, 0.3) is 5.91 Å². The molecule has 0 unspecified atom stereocenters. The van der Waals surface area contributed by atoms with E-state index in [1.807, 2.05) is 13.0 Å². The summed E-state index contributed by atoms with van der Waals surface area (Å²) in [6.07, 6.45) is 2.86. The molecule has 0 fully saturated rings. The van der Waals surface area contributed by atoms with Crippen molar-refractivity contribution in [3.8, 4) is 0 Å². The van der Waals surface area contributed by atoms with Crippen LogP contribution in [0.4, 0.5) is 0 Å². The van der Waals surface area contributed by atoms with Gasteiger partial charge in [-0.2, -0.15) is 5.10 Å². The zero-order valence-corrected chi connectivity index (χ0v) is 14.1. The van der Waals surface area contributed by atoms with E-state index >= 15 is 0 Å². The Hall–Kier alpha value is -2.67. The lowest BCUT2D eigenvalue weighted by Gasteiger charge is -2.15. The van der Waals surface area contributed by atoms with E-state index in [0.29, 0.717) is 5.56 Å². The normalized spacial score (nSPS) is 12.9. The van der Waals surface area contributed by atoms with Crippen LogP contribution < -0.4 is 5.32 Å². The largest absolute Gasteiger partial charge is 0.346 e. The van der Waals surface area contributed by atoms with Gasteiger partial charge >= 0.3 is 0 Å². The van der Waals surface area contributed by atoms with Crippen LogP contribution in [-0.2, 0) is 9.84 Å². The van der Waals surface area contributed by atoms with Crippen molar-refractivity contribution in [3.63, 3.8) is 0 Å². The number of carbonyl (C=O) groups is 1. The molecular weight excluding hydrogens is 326 g/mol. The Morgan fingerprint density at radius 2 is 1.88 bits per heavy atom. The maximum Gasteiger partial charge on any atom is 0.251 e. The molecule has 3 rings (SSSR count). The average Bonchev–Trinajstić information content (AvgIpc) is 3.01. The Bertz CT molecular complexity index is 991. The summed E-state index contributed by atoms with van der Waals surface area (Å²) in [7, 11) is -3.22. The van der Waals surface area contributed by atoms with Crippen molar-refractivity contribution in [1.29, 1.82) is 0 Å². The summed E-state index contributed by atoms with van der Waals surface area (Å²) in [5.74, 6) is -0.203. The Labute approximate surface area is 139 Å². The molecule has 0 aliphatic heterocycles. The molecule has 0 saturated carbocycles. The lowest BCUT2D eigenvalue weighted by Crippen LogP contribution is -2.26. The minimum atomic E-state index is -3.22. The molecule has 0 radical (unpaired) electrons. The van der Waals surface area contributed by atoms with E-state index in [1.165, 1.54) is 6.26 Å². The quantitative estimate of drug-likeness (QED) is 0.761. The van der Waals surface area contributed by atoms with Crippen LogP contribution in [0.15, 0.2) is 53.6 Å². The minimum Gasteiger partial charge on any atom is -0.346 e. The molecule has 0 bridgehead atoms. The van der Waals surface area contributed by atoms with Crippen molar-refractivity contribution in [3.05, 3.63) is 59.8 Å². The van der Waals surface area contributed by atoms with Crippen LogP contribution in [0.2, 0.25) is 0 Å². The number of sulfone groups is 1. The fourth-order valence-electron chi connectivity index (χ4n) is 2.45. The Balaban J connectivity index is 1.75. The molecule has 0 aliphatic rings. The van der Waals surface area contributed by atoms with Crippen molar-refractivity contribution >= 4 is 26.6 Å². The summed E-state index contributed by atoms with van der Waals surface area (Å²) in [6.45, 7) is 1.85. The van der Waals surface area contributed by atoms with E-state index in [-0.39, 0.29) is 16.8 Å². The van der Waals surface area contributed by atoms with Gasteiger partial charge < -0.3 is 5.32 Å². The van der Waals surface area contributed by atoms with Crippen LogP contribution in [0.25, 0.3) is 10.9 Å². The molecule has 24 heavy (non-hydrogen) atoms. The van der Waals surface area contributed by atoms with Crippen LogP contribution in [0.3, 0.4) is 0 Å². The number of amides is 1. The number of aromatic amines is 1. The summed E-state index contributed by atoms with van der Waals surface area (Å²) in [5, 5.41) is 10.6. The number of nitrogens with zero attached hydrogens (tertiary/aromatic N) is 1. The molecule has 1 amide bonds. The van der Waals surface area contributed by atoms with E-state index in [9.17, 15) is 13.2 Å². The molecule has 0 saturated heterocycles. The van der Waals surface area contributed by atoms with Crippen molar-refractivity contribution in [2.24, 2.45) is 0 Å². The Morgan fingerprint density at radius 3 is 2.54 bits per heavy atom. The molecule has 1 atom stereocenters.